The number of carbonyl (C=O) groups is 1. The molecule has 92 valence electrons. The SMILES string of the molecule is O=C(CCC1CCCCN1)Nc1ncccn1. The molecular formula is C12H18N4O. The fourth-order valence-electron chi connectivity index (χ4n) is 2.03. The molecule has 1 amide bonds. The van der Waals surface area contributed by atoms with Crippen molar-refractivity contribution >= 4 is 11.9 Å². The van der Waals surface area contributed by atoms with Gasteiger partial charge in [-0.2, -0.15) is 0 Å². The van der Waals surface area contributed by atoms with Gasteiger partial charge >= 0.3 is 0 Å². The Labute approximate surface area is 101 Å². The first-order chi connectivity index (χ1) is 8.34. The van der Waals surface area contributed by atoms with Gasteiger partial charge in [0.25, 0.3) is 0 Å². The standard InChI is InChI=1S/C12H18N4O/c17-11(16-12-14-8-3-9-15-12)6-5-10-4-1-2-7-13-10/h3,8-10,13H,1-2,4-7H2,(H,14,15,16,17). The van der Waals surface area contributed by atoms with Crippen LogP contribution in [0.4, 0.5) is 5.95 Å². The van der Waals surface area contributed by atoms with E-state index >= 15 is 0 Å². The number of hydrogen-bond acceptors (Lipinski definition) is 4. The third-order valence-corrected chi connectivity index (χ3v) is 2.95. The lowest BCUT2D eigenvalue weighted by atomic mass is 10.0. The molecule has 0 bridgehead atoms. The van der Waals surface area contributed by atoms with Crippen LogP contribution in [0, 0.1) is 0 Å². The molecule has 0 aliphatic carbocycles. The number of nitrogens with zero attached hydrogens (tertiary/aromatic N) is 2. The molecule has 0 aromatic carbocycles. The Morgan fingerprint density at radius 3 is 2.94 bits per heavy atom. The van der Waals surface area contributed by atoms with Gasteiger partial charge in [-0.05, 0) is 31.9 Å². The number of nitrogens with one attached hydrogen (secondary N) is 2. The average molecular weight is 234 g/mol. The highest BCUT2D eigenvalue weighted by atomic mass is 16.1. The summed E-state index contributed by atoms with van der Waals surface area (Å²) in [7, 11) is 0. The molecule has 17 heavy (non-hydrogen) atoms. The summed E-state index contributed by atoms with van der Waals surface area (Å²) in [5, 5.41) is 6.12. The molecule has 1 aliphatic heterocycles. The zero-order chi connectivity index (χ0) is 11.9. The molecule has 0 radical (unpaired) electrons. The van der Waals surface area contributed by atoms with Crippen molar-refractivity contribution in [2.45, 2.75) is 38.1 Å². The number of rotatable bonds is 4. The van der Waals surface area contributed by atoms with Gasteiger partial charge in [0.1, 0.15) is 0 Å². The first-order valence-corrected chi connectivity index (χ1v) is 6.15. The first kappa shape index (κ1) is 12.0. The predicted molar refractivity (Wildman–Crippen MR) is 65.5 cm³/mol. The van der Waals surface area contributed by atoms with Crippen molar-refractivity contribution in [2.24, 2.45) is 0 Å². The van der Waals surface area contributed by atoms with Crippen molar-refractivity contribution in [1.29, 1.82) is 0 Å². The first-order valence-electron chi connectivity index (χ1n) is 6.15. The molecule has 1 fully saturated rings. The maximum Gasteiger partial charge on any atom is 0.229 e. The van der Waals surface area contributed by atoms with Crippen molar-refractivity contribution in [3.05, 3.63) is 18.5 Å². The van der Waals surface area contributed by atoms with Crippen molar-refractivity contribution in [3.8, 4) is 0 Å². The van der Waals surface area contributed by atoms with Crippen LogP contribution in [-0.2, 0) is 4.79 Å². The minimum Gasteiger partial charge on any atom is -0.314 e. The maximum atomic E-state index is 11.6. The second-order valence-electron chi connectivity index (χ2n) is 4.31. The fourth-order valence-corrected chi connectivity index (χ4v) is 2.03. The van der Waals surface area contributed by atoms with Crippen LogP contribution in [0.25, 0.3) is 0 Å². The van der Waals surface area contributed by atoms with E-state index in [2.05, 4.69) is 20.6 Å². The van der Waals surface area contributed by atoms with E-state index < -0.39 is 0 Å². The zero-order valence-electron chi connectivity index (χ0n) is 9.85. The van der Waals surface area contributed by atoms with Gasteiger partial charge in [-0.15, -0.1) is 0 Å². The second-order valence-corrected chi connectivity index (χ2v) is 4.31. The van der Waals surface area contributed by atoms with E-state index in [1.54, 1.807) is 18.5 Å². The van der Waals surface area contributed by atoms with E-state index in [4.69, 9.17) is 0 Å². The summed E-state index contributed by atoms with van der Waals surface area (Å²) in [6, 6.07) is 2.22. The van der Waals surface area contributed by atoms with E-state index in [1.165, 1.54) is 19.3 Å². The third kappa shape index (κ3) is 4.11. The van der Waals surface area contributed by atoms with Gasteiger partial charge in [-0.1, -0.05) is 6.42 Å². The number of amides is 1. The Morgan fingerprint density at radius 1 is 1.41 bits per heavy atom. The highest BCUT2D eigenvalue weighted by molar-refractivity contribution is 5.88. The van der Waals surface area contributed by atoms with Gasteiger partial charge in [0.15, 0.2) is 0 Å². The highest BCUT2D eigenvalue weighted by Crippen LogP contribution is 2.12. The highest BCUT2D eigenvalue weighted by Gasteiger charge is 2.14. The molecule has 2 heterocycles. The molecule has 5 heteroatoms. The normalized spacial score (nSPS) is 19.9. The topological polar surface area (TPSA) is 66.9 Å². The van der Waals surface area contributed by atoms with Crippen LogP contribution in [0.5, 0.6) is 0 Å². The molecular weight excluding hydrogens is 216 g/mol. The smallest absolute Gasteiger partial charge is 0.229 e. The van der Waals surface area contributed by atoms with Gasteiger partial charge in [0.2, 0.25) is 11.9 Å². The van der Waals surface area contributed by atoms with Crippen LogP contribution in [0.2, 0.25) is 0 Å². The summed E-state index contributed by atoms with van der Waals surface area (Å²) in [6.07, 6.45) is 8.34. The predicted octanol–water partition coefficient (Wildman–Crippen LogP) is 1.34. The lowest BCUT2D eigenvalue weighted by molar-refractivity contribution is -0.116. The number of hydrogen-bond donors (Lipinski definition) is 2. The Balaban J connectivity index is 1.70. The summed E-state index contributed by atoms with van der Waals surface area (Å²) < 4.78 is 0. The molecule has 0 saturated carbocycles. The van der Waals surface area contributed by atoms with Gasteiger partial charge in [0.05, 0.1) is 0 Å². The van der Waals surface area contributed by atoms with Crippen LogP contribution >= 0.6 is 0 Å². The van der Waals surface area contributed by atoms with E-state index in [9.17, 15) is 4.79 Å². The van der Waals surface area contributed by atoms with Gasteiger partial charge in [-0.3, -0.25) is 10.1 Å². The van der Waals surface area contributed by atoms with E-state index in [0.717, 1.165) is 13.0 Å². The van der Waals surface area contributed by atoms with Crippen LogP contribution in [0.15, 0.2) is 18.5 Å². The maximum absolute atomic E-state index is 11.6. The summed E-state index contributed by atoms with van der Waals surface area (Å²) >= 11 is 0. The summed E-state index contributed by atoms with van der Waals surface area (Å²) in [4.78, 5) is 19.5. The van der Waals surface area contributed by atoms with Gasteiger partial charge in [-0.25, -0.2) is 9.97 Å². The molecule has 1 aliphatic rings. The molecule has 2 N–H and O–H groups in total. The second kappa shape index (κ2) is 6.30. The molecule has 2 rings (SSSR count). The molecule has 1 unspecified atom stereocenters. The summed E-state index contributed by atoms with van der Waals surface area (Å²) in [6.45, 7) is 1.08. The largest absolute Gasteiger partial charge is 0.314 e. The summed E-state index contributed by atoms with van der Waals surface area (Å²) in [5.41, 5.74) is 0. The van der Waals surface area contributed by atoms with Crippen LogP contribution < -0.4 is 10.6 Å². The molecule has 1 aromatic rings. The Kier molecular flexibility index (Phi) is 4.44. The Morgan fingerprint density at radius 2 is 2.24 bits per heavy atom. The lowest BCUT2D eigenvalue weighted by Crippen LogP contribution is -2.34. The third-order valence-electron chi connectivity index (χ3n) is 2.95. The monoisotopic (exact) mass is 234 g/mol. The van der Waals surface area contributed by atoms with Crippen LogP contribution in [0.3, 0.4) is 0 Å². The molecule has 5 nitrogen and oxygen atoms in total. The summed E-state index contributed by atoms with van der Waals surface area (Å²) in [5.74, 6) is 0.373. The lowest BCUT2D eigenvalue weighted by Gasteiger charge is -2.22. The zero-order valence-corrected chi connectivity index (χ0v) is 9.85. The molecule has 1 saturated heterocycles. The molecule has 1 atom stereocenters. The van der Waals surface area contributed by atoms with Gasteiger partial charge < -0.3 is 5.32 Å². The van der Waals surface area contributed by atoms with E-state index in [1.807, 2.05) is 0 Å². The molecule has 1 aromatic heterocycles. The Bertz CT molecular complexity index is 349. The van der Waals surface area contributed by atoms with Crippen molar-refractivity contribution < 1.29 is 4.79 Å². The number of anilines is 1. The minimum atomic E-state index is -0.0106. The number of aromatic nitrogens is 2. The van der Waals surface area contributed by atoms with Crippen LogP contribution in [0.1, 0.15) is 32.1 Å². The van der Waals surface area contributed by atoms with Crippen LogP contribution in [-0.4, -0.2) is 28.5 Å². The number of carbonyl (C=O) groups excluding carboxylic acids is 1. The Hall–Kier alpha value is -1.49. The van der Waals surface area contributed by atoms with Crippen molar-refractivity contribution in [1.82, 2.24) is 15.3 Å². The van der Waals surface area contributed by atoms with Crippen molar-refractivity contribution in [2.75, 3.05) is 11.9 Å². The van der Waals surface area contributed by atoms with Gasteiger partial charge in [0, 0.05) is 24.9 Å². The molecule has 0 spiro atoms. The minimum absolute atomic E-state index is 0.0106. The average Bonchev–Trinajstić information content (AvgIpc) is 2.39. The van der Waals surface area contributed by atoms with Crippen molar-refractivity contribution in [3.63, 3.8) is 0 Å². The number of piperidine rings is 1. The quantitative estimate of drug-likeness (QED) is 0.825. The fraction of sp³-hybridized carbons (Fsp3) is 0.583. The van der Waals surface area contributed by atoms with E-state index in [0.29, 0.717) is 18.4 Å². The van der Waals surface area contributed by atoms with E-state index in [-0.39, 0.29) is 5.91 Å².